The summed E-state index contributed by atoms with van der Waals surface area (Å²) in [6, 6.07) is 27.4. The number of amides is 2. The number of furan rings is 1. The number of piperazine rings is 1. The van der Waals surface area contributed by atoms with Gasteiger partial charge in [0.25, 0.3) is 11.8 Å². The average molecular weight is 628 g/mol. The molecule has 2 fully saturated rings. The Labute approximate surface area is 273 Å². The first-order valence-corrected chi connectivity index (χ1v) is 16.2. The van der Waals surface area contributed by atoms with Crippen molar-refractivity contribution in [3.05, 3.63) is 119 Å². The molecule has 2 amide bonds. The molecule has 0 atom stereocenters. The summed E-state index contributed by atoms with van der Waals surface area (Å²) >= 11 is 0. The van der Waals surface area contributed by atoms with Crippen LogP contribution in [0, 0.1) is 11.3 Å². The maximum absolute atomic E-state index is 13.4. The first kappa shape index (κ1) is 30.4. The fourth-order valence-electron chi connectivity index (χ4n) is 6.45. The molecule has 10 nitrogen and oxygen atoms in total. The Morgan fingerprint density at radius 3 is 2.19 bits per heavy atom. The molecule has 3 aromatic carbocycles. The summed E-state index contributed by atoms with van der Waals surface area (Å²) in [5.74, 6) is 0.0257. The van der Waals surface area contributed by atoms with Crippen molar-refractivity contribution < 1.29 is 14.0 Å². The second-order valence-electron chi connectivity index (χ2n) is 12.4. The fraction of sp³-hybridized carbons (Fsp3) is 0.297. The minimum Gasteiger partial charge on any atom is -0.451 e. The molecular formula is C37H37N7O3. The molecule has 0 aliphatic carbocycles. The maximum atomic E-state index is 13.4. The summed E-state index contributed by atoms with van der Waals surface area (Å²) < 4.78 is 7.73. The molecule has 238 valence electrons. The lowest BCUT2D eigenvalue weighted by molar-refractivity contribution is 0.0628. The molecule has 0 radical (unpaired) electrons. The third-order valence-corrected chi connectivity index (χ3v) is 9.17. The first-order chi connectivity index (χ1) is 23.0. The van der Waals surface area contributed by atoms with E-state index in [1.54, 1.807) is 24.4 Å². The largest absolute Gasteiger partial charge is 0.451 e. The fourth-order valence-corrected chi connectivity index (χ4v) is 6.45. The van der Waals surface area contributed by atoms with Gasteiger partial charge in [-0.25, -0.2) is 4.68 Å². The minimum atomic E-state index is -0.230. The number of carbonyl (C=O) groups excluding carboxylic acids is 2. The molecule has 5 aromatic rings. The van der Waals surface area contributed by atoms with Crippen molar-refractivity contribution in [2.75, 3.05) is 39.3 Å². The van der Waals surface area contributed by atoms with Crippen LogP contribution in [0.15, 0.2) is 95.7 Å². The van der Waals surface area contributed by atoms with Crippen LogP contribution < -0.4 is 5.32 Å². The van der Waals surface area contributed by atoms with Crippen molar-refractivity contribution in [2.24, 2.45) is 0 Å². The Kier molecular flexibility index (Phi) is 8.82. The van der Waals surface area contributed by atoms with Gasteiger partial charge in [0.15, 0.2) is 5.76 Å². The highest BCUT2D eigenvalue weighted by atomic mass is 16.3. The summed E-state index contributed by atoms with van der Waals surface area (Å²) in [5, 5.41) is 17.2. The van der Waals surface area contributed by atoms with Gasteiger partial charge >= 0.3 is 0 Å². The van der Waals surface area contributed by atoms with Gasteiger partial charge in [-0.3, -0.25) is 19.4 Å². The van der Waals surface area contributed by atoms with Crippen molar-refractivity contribution in [2.45, 2.75) is 32.0 Å². The number of hydrogen-bond donors (Lipinski definition) is 1. The topological polar surface area (TPSA) is 111 Å². The molecule has 2 aromatic heterocycles. The Morgan fingerprint density at radius 1 is 0.851 bits per heavy atom. The zero-order valence-corrected chi connectivity index (χ0v) is 26.2. The van der Waals surface area contributed by atoms with Crippen LogP contribution in [0.2, 0.25) is 0 Å². The lowest BCUT2D eigenvalue weighted by Gasteiger charge is -2.34. The molecule has 2 aliphatic rings. The van der Waals surface area contributed by atoms with Gasteiger partial charge in [-0.05, 0) is 78.6 Å². The standard InChI is InChI=1S/C37H37N7O3/c38-24-27-2-4-28(5-3-27)25-41-16-12-32(13-17-41)40-36(45)35-23-31-22-30(8-11-34(31)47-35)37(46)43-20-18-42(19-21-43)26-29-6-9-33(10-7-29)44-15-1-14-39-44/h1-11,14-15,22-23,32H,12-13,16-21,25-26H2,(H,40,45). The van der Waals surface area contributed by atoms with Crippen molar-refractivity contribution >= 4 is 22.8 Å². The molecule has 0 spiro atoms. The van der Waals surface area contributed by atoms with Crippen molar-refractivity contribution in [1.29, 1.82) is 5.26 Å². The highest BCUT2D eigenvalue weighted by Crippen LogP contribution is 2.23. The van der Waals surface area contributed by atoms with Crippen molar-refractivity contribution in [1.82, 2.24) is 29.8 Å². The number of carbonyl (C=O) groups is 2. The Bertz CT molecular complexity index is 1880. The normalized spacial score (nSPS) is 16.3. The van der Waals surface area contributed by atoms with E-state index in [4.69, 9.17) is 9.68 Å². The number of benzene rings is 3. The Balaban J connectivity index is 0.889. The van der Waals surface area contributed by atoms with Gasteiger partial charge in [0.05, 0.1) is 17.3 Å². The second kappa shape index (κ2) is 13.6. The summed E-state index contributed by atoms with van der Waals surface area (Å²) in [7, 11) is 0. The van der Waals surface area contributed by atoms with E-state index < -0.39 is 0 Å². The Hall–Kier alpha value is -5.24. The third-order valence-electron chi connectivity index (χ3n) is 9.17. The predicted molar refractivity (Wildman–Crippen MR) is 178 cm³/mol. The van der Waals surface area contributed by atoms with Crippen LogP contribution in [-0.2, 0) is 13.1 Å². The van der Waals surface area contributed by atoms with E-state index in [1.807, 2.05) is 52.2 Å². The molecule has 47 heavy (non-hydrogen) atoms. The molecule has 0 saturated carbocycles. The summed E-state index contributed by atoms with van der Waals surface area (Å²) in [6.45, 7) is 6.36. The smallest absolute Gasteiger partial charge is 0.287 e. The molecule has 2 aliphatic heterocycles. The first-order valence-electron chi connectivity index (χ1n) is 16.2. The van der Waals surface area contributed by atoms with Crippen LogP contribution in [0.3, 0.4) is 0 Å². The van der Waals surface area contributed by atoms with Gasteiger partial charge in [0.1, 0.15) is 5.58 Å². The van der Waals surface area contributed by atoms with Crippen LogP contribution in [0.5, 0.6) is 0 Å². The molecule has 10 heteroatoms. The van der Waals surface area contributed by atoms with Crippen LogP contribution in [0.25, 0.3) is 16.7 Å². The molecule has 4 heterocycles. The van der Waals surface area contributed by atoms with Crippen molar-refractivity contribution in [3.8, 4) is 11.8 Å². The number of nitriles is 1. The second-order valence-corrected chi connectivity index (χ2v) is 12.4. The molecule has 0 bridgehead atoms. The SMILES string of the molecule is N#Cc1ccc(CN2CCC(NC(=O)c3cc4cc(C(=O)N5CCN(Cc6ccc(-n7cccn7)cc6)CC5)ccc4o3)CC2)cc1. The average Bonchev–Trinajstić information content (AvgIpc) is 3.81. The monoisotopic (exact) mass is 627 g/mol. The van der Waals surface area contributed by atoms with E-state index in [1.165, 1.54) is 11.1 Å². The molecule has 2 saturated heterocycles. The van der Waals surface area contributed by atoms with Gasteiger partial charge in [0.2, 0.25) is 0 Å². The van der Waals surface area contributed by atoms with Crippen LogP contribution in [0.1, 0.15) is 50.4 Å². The van der Waals surface area contributed by atoms with Gasteiger partial charge in [-0.1, -0.05) is 24.3 Å². The third kappa shape index (κ3) is 7.12. The predicted octanol–water partition coefficient (Wildman–Crippen LogP) is 4.84. The van der Waals surface area contributed by atoms with E-state index in [0.717, 1.165) is 63.2 Å². The van der Waals surface area contributed by atoms with E-state index in [-0.39, 0.29) is 23.6 Å². The lowest BCUT2D eigenvalue weighted by Crippen LogP contribution is -2.48. The molecule has 7 rings (SSSR count). The highest BCUT2D eigenvalue weighted by molar-refractivity contribution is 6.00. The number of nitrogens with one attached hydrogen (secondary N) is 1. The van der Waals surface area contributed by atoms with Gasteiger partial charge < -0.3 is 14.6 Å². The highest BCUT2D eigenvalue weighted by Gasteiger charge is 2.25. The minimum absolute atomic E-state index is 0.00454. The summed E-state index contributed by atoms with van der Waals surface area (Å²) in [6.07, 6.45) is 5.41. The molecule has 1 N–H and O–H groups in total. The Morgan fingerprint density at radius 2 is 1.53 bits per heavy atom. The van der Waals surface area contributed by atoms with Gasteiger partial charge in [-0.15, -0.1) is 0 Å². The molecular weight excluding hydrogens is 590 g/mol. The zero-order valence-electron chi connectivity index (χ0n) is 26.2. The van der Waals surface area contributed by atoms with E-state index in [2.05, 4.69) is 50.5 Å². The van der Waals surface area contributed by atoms with E-state index in [9.17, 15) is 9.59 Å². The number of nitrogens with zero attached hydrogens (tertiary/aromatic N) is 6. The number of likely N-dealkylation sites (tertiary alicyclic amines) is 1. The van der Waals surface area contributed by atoms with E-state index >= 15 is 0 Å². The number of fused-ring (bicyclic) bond motifs is 1. The van der Waals surface area contributed by atoms with E-state index in [0.29, 0.717) is 29.8 Å². The van der Waals surface area contributed by atoms with Crippen molar-refractivity contribution in [3.63, 3.8) is 0 Å². The number of hydrogen-bond acceptors (Lipinski definition) is 7. The zero-order chi connectivity index (χ0) is 32.2. The summed E-state index contributed by atoms with van der Waals surface area (Å²) in [5.41, 5.74) is 5.30. The lowest BCUT2D eigenvalue weighted by atomic mass is 10.0. The van der Waals surface area contributed by atoms with Gasteiger partial charge in [-0.2, -0.15) is 10.4 Å². The number of aromatic nitrogens is 2. The van der Waals surface area contributed by atoms with Crippen LogP contribution in [0.4, 0.5) is 0 Å². The molecule has 0 unspecified atom stereocenters. The maximum Gasteiger partial charge on any atom is 0.287 e. The van der Waals surface area contributed by atoms with Crippen LogP contribution >= 0.6 is 0 Å². The number of rotatable bonds is 8. The number of piperidine rings is 1. The quantitative estimate of drug-likeness (QED) is 0.262. The van der Waals surface area contributed by atoms with Gasteiger partial charge in [0, 0.05) is 81.7 Å². The summed E-state index contributed by atoms with van der Waals surface area (Å²) in [4.78, 5) is 33.1. The van der Waals surface area contributed by atoms with Crippen LogP contribution in [-0.4, -0.2) is 81.6 Å².